The molecule has 0 radical (unpaired) electrons. The van der Waals surface area contributed by atoms with E-state index in [-0.39, 0.29) is 0 Å². The Morgan fingerprint density at radius 3 is 0.920 bits per heavy atom. The zero-order chi connectivity index (χ0) is 96.4. The molecule has 18 heteroatoms. The molecule has 0 atom stereocenters. The van der Waals surface area contributed by atoms with Crippen LogP contribution in [0.15, 0.2) is 286 Å². The molecule has 0 saturated carbocycles. The molecule has 0 amide bonds. The van der Waals surface area contributed by atoms with Gasteiger partial charge in [0.15, 0.2) is 24.8 Å². The highest BCUT2D eigenvalue weighted by Gasteiger charge is 2.34. The fourth-order valence-corrected chi connectivity index (χ4v) is 21.1. The molecular formula is C119H110N18+6. The smallest absolute Gasteiger partial charge is 0.239 e. The van der Waals surface area contributed by atoms with Crippen LogP contribution < -0.4 is 27.4 Å². The normalized spacial score (nSPS) is 13.4. The minimum atomic E-state index is -2.09. The molecule has 0 bridgehead atoms. The molecule has 21 aromatic rings. The van der Waals surface area contributed by atoms with Gasteiger partial charge in [0.2, 0.25) is 45.2 Å². The van der Waals surface area contributed by atoms with Crippen molar-refractivity contribution in [3.8, 4) is 78.7 Å². The van der Waals surface area contributed by atoms with Gasteiger partial charge in [-0.1, -0.05) is 193 Å². The second-order valence-corrected chi connectivity index (χ2v) is 36.9. The van der Waals surface area contributed by atoms with E-state index in [1.165, 1.54) is 156 Å². The van der Waals surface area contributed by atoms with Crippen molar-refractivity contribution in [3.05, 3.63) is 371 Å². The Labute approximate surface area is 801 Å². The quantitative estimate of drug-likeness (QED) is 0.146. The van der Waals surface area contributed by atoms with Crippen LogP contribution in [-0.2, 0) is 80.8 Å². The van der Waals surface area contributed by atoms with Crippen molar-refractivity contribution in [2.75, 3.05) is 0 Å². The summed E-state index contributed by atoms with van der Waals surface area (Å²) >= 11 is 0. The number of pyridine rings is 6. The lowest BCUT2D eigenvalue weighted by Crippen LogP contribution is -2.33. The van der Waals surface area contributed by atoms with Crippen molar-refractivity contribution in [2.45, 2.75) is 101 Å². The number of rotatable bonds is 7. The standard InChI is InChI=1S/C23H20N3.C22H20N3.C21H18N3.2C18H18N3.C17H16N3/c1-16-10-11-18(17-7-4-3-5-8-17)15-19(16)22-23-20(12-14-25(22)2)24-21-9-6-13-26(21)23;1-14-10-11-16(15(2)13-14)21-22-20(23-19-9-6-12-25(19)22)17-7-4-5-8-18(17)24(21)3;1-14-8-3-4-9-15(14)20-21-19(22-18-12-7-13-24(18)21)16-10-5-6-11-17(16)23(20)2;2*1-12-6-7-14(13(2)11-12)17-18-15(8-10-20(17)3)19-16-5-4-9-21(16)18;1-12-6-3-4-7-13(12)16-17-14(9-11-19(16)2)18-15-8-5-10-20(15)17/h3-8,10-15H,9H2,1-2H3;4-8,10-13H,9H2,1-3H3;3-11,13H,12H2,1-2H3;2*4,6-11H,5H2,1-3H3;3-7,9-11H,8H2,1-2H3/q6*+1/i;;;1D3;;. The Morgan fingerprint density at radius 2 is 0.547 bits per heavy atom. The molecule has 0 spiro atoms. The van der Waals surface area contributed by atoms with Gasteiger partial charge in [0.05, 0.1) is 44.2 Å². The molecule has 670 valence electrons. The van der Waals surface area contributed by atoms with Gasteiger partial charge >= 0.3 is 0 Å². The predicted octanol–water partition coefficient (Wildman–Crippen LogP) is 22.1. The van der Waals surface area contributed by atoms with Gasteiger partial charge in [-0.05, 0) is 155 Å². The van der Waals surface area contributed by atoms with E-state index in [4.69, 9.17) is 34.0 Å². The number of imidazole rings is 6. The molecule has 27 rings (SSSR count). The largest absolute Gasteiger partial charge is 0.298 e. The first kappa shape index (κ1) is 82.6. The van der Waals surface area contributed by atoms with E-state index in [0.29, 0.717) is 5.56 Å². The van der Waals surface area contributed by atoms with Crippen molar-refractivity contribution in [2.24, 2.45) is 42.3 Å². The van der Waals surface area contributed by atoms with Crippen LogP contribution in [0.25, 0.3) is 204 Å². The first-order valence-electron chi connectivity index (χ1n) is 48.7. The predicted molar refractivity (Wildman–Crippen MR) is 555 cm³/mol. The second kappa shape index (κ2) is 34.9. The monoisotopic (exact) mass is 1790 g/mol. The van der Waals surface area contributed by atoms with E-state index in [1.54, 1.807) is 12.1 Å². The highest BCUT2D eigenvalue weighted by Crippen LogP contribution is 2.42. The van der Waals surface area contributed by atoms with Crippen molar-refractivity contribution < 1.29 is 31.5 Å². The number of fused-ring (bicyclic) bond motifs is 22. The molecule has 6 aliphatic heterocycles. The lowest BCUT2D eigenvalue weighted by Gasteiger charge is -2.10. The third-order valence-corrected chi connectivity index (χ3v) is 27.8. The van der Waals surface area contributed by atoms with Crippen LogP contribution in [0.5, 0.6) is 0 Å². The van der Waals surface area contributed by atoms with Crippen molar-refractivity contribution in [1.82, 2.24) is 57.3 Å². The average molecular weight is 1800 g/mol. The zero-order valence-corrected chi connectivity index (χ0v) is 79.9. The molecule has 0 saturated heterocycles. The fourth-order valence-electron chi connectivity index (χ4n) is 21.1. The summed E-state index contributed by atoms with van der Waals surface area (Å²) in [4.78, 5) is 29.0. The van der Waals surface area contributed by atoms with E-state index >= 15 is 0 Å². The summed E-state index contributed by atoms with van der Waals surface area (Å²) in [5, 5.41) is 2.42. The molecule has 6 aliphatic rings. The summed E-state index contributed by atoms with van der Waals surface area (Å²) in [5.74, 6) is 6.65. The third kappa shape index (κ3) is 15.1. The Hall–Kier alpha value is -16.3. The maximum Gasteiger partial charge on any atom is 0.239 e. The van der Waals surface area contributed by atoms with Crippen LogP contribution in [0.2, 0.25) is 0 Å². The first-order chi connectivity index (χ1) is 67.9. The van der Waals surface area contributed by atoms with Gasteiger partial charge in [0, 0.05) is 116 Å². The number of para-hydroxylation sites is 2. The molecule has 9 aromatic carbocycles. The van der Waals surface area contributed by atoms with Gasteiger partial charge in [-0.15, -0.1) is 0 Å². The number of allylic oxidation sites excluding steroid dienone is 6. The van der Waals surface area contributed by atoms with E-state index in [2.05, 4.69) is 431 Å². The summed E-state index contributed by atoms with van der Waals surface area (Å²) < 4.78 is 49.4. The van der Waals surface area contributed by atoms with Gasteiger partial charge < -0.3 is 0 Å². The maximum absolute atomic E-state index is 7.60. The van der Waals surface area contributed by atoms with E-state index in [0.717, 1.165) is 129 Å². The SMILES string of the molecule is Cc1ccc(-c2c3c(cc[n+]2C)nc2n3C=CC2)c(C)c1.Cc1ccc(-c2c3c(nc4n3C=CC4)c3ccccc3[n+]2C)c(C)c1.Cc1ccc(-c2ccccc2)cc1-c1c2c(cc[n+]1C)nc1n2C=CC1.Cc1ccccc1-c1c2c(cc[n+]1C)nc1n2C=CC1.Cc1ccccc1-c1c2c(nc3n2C=CC3)c2ccccc2[n+]1C.[2H]C([2H])([2H])c1ccc(-c2c3c(cc[n+]2C)nc2n3C=CC2)c(C)c1. The minimum absolute atomic E-state index is 0.372. The average Bonchev–Trinajstić information content (AvgIpc) is 1.55. The van der Waals surface area contributed by atoms with Gasteiger partial charge in [-0.2, -0.15) is 27.4 Å². The zero-order valence-electron chi connectivity index (χ0n) is 82.9. The molecule has 137 heavy (non-hydrogen) atoms. The summed E-state index contributed by atoms with van der Waals surface area (Å²) in [6, 6.07) is 78.5. The summed E-state index contributed by atoms with van der Waals surface area (Å²) in [5.41, 5.74) is 43.2. The molecule has 0 fully saturated rings. The number of hydrogen-bond donors (Lipinski definition) is 0. The molecule has 12 aromatic heterocycles. The van der Waals surface area contributed by atoms with Gasteiger partial charge in [0.25, 0.3) is 0 Å². The van der Waals surface area contributed by atoms with Gasteiger partial charge in [0.1, 0.15) is 143 Å². The molecule has 0 N–H and O–H groups in total. The Bertz CT molecular complexity index is 8920. The van der Waals surface area contributed by atoms with Crippen LogP contribution in [0.1, 0.15) is 89.1 Å². The Kier molecular flexibility index (Phi) is 21.0. The molecule has 18 heterocycles. The van der Waals surface area contributed by atoms with E-state index < -0.39 is 6.85 Å². The maximum atomic E-state index is 7.60. The molecular weight excluding hydrogens is 1680 g/mol. The van der Waals surface area contributed by atoms with Crippen molar-refractivity contribution >= 4 is 125 Å². The number of aromatic nitrogens is 18. The van der Waals surface area contributed by atoms with E-state index in [1.807, 2.05) is 32.3 Å². The Balaban J connectivity index is 0.0000000968. The van der Waals surface area contributed by atoms with Crippen LogP contribution in [0.3, 0.4) is 0 Å². The van der Waals surface area contributed by atoms with Crippen LogP contribution in [0, 0.1) is 62.2 Å². The lowest BCUT2D eigenvalue weighted by molar-refractivity contribution is -0.659. The Morgan fingerprint density at radius 1 is 0.248 bits per heavy atom. The first-order valence-corrected chi connectivity index (χ1v) is 47.2. The van der Waals surface area contributed by atoms with Crippen molar-refractivity contribution in [3.63, 3.8) is 0 Å². The number of aryl methyl sites for hydroxylation is 15. The van der Waals surface area contributed by atoms with Gasteiger partial charge in [-0.3, -0.25) is 27.4 Å². The van der Waals surface area contributed by atoms with Gasteiger partial charge in [-0.25, -0.2) is 29.9 Å². The topological polar surface area (TPSA) is 130 Å². The second-order valence-electron chi connectivity index (χ2n) is 36.9. The summed E-state index contributed by atoms with van der Waals surface area (Å²) in [6.07, 6.45) is 39.4. The highest BCUT2D eigenvalue weighted by atomic mass is 15.2. The van der Waals surface area contributed by atoms with Crippen molar-refractivity contribution in [1.29, 1.82) is 0 Å². The lowest BCUT2D eigenvalue weighted by atomic mass is 9.97. The summed E-state index contributed by atoms with van der Waals surface area (Å²) in [6.45, 7) is 15.0. The number of nitrogens with zero attached hydrogens (tertiary/aromatic N) is 18. The molecule has 0 unspecified atom stereocenters. The fraction of sp³-hybridized carbons (Fsp3) is 0.176. The number of hydrogen-bond acceptors (Lipinski definition) is 6. The minimum Gasteiger partial charge on any atom is -0.298 e. The van der Waals surface area contributed by atoms with Crippen LogP contribution in [0.4, 0.5) is 0 Å². The highest BCUT2D eigenvalue weighted by molar-refractivity contribution is 6.08. The van der Waals surface area contributed by atoms with Crippen LogP contribution >= 0.6 is 0 Å². The third-order valence-electron chi connectivity index (χ3n) is 27.8. The van der Waals surface area contributed by atoms with Crippen LogP contribution in [-0.4, -0.2) is 57.3 Å². The molecule has 0 aliphatic carbocycles. The summed E-state index contributed by atoms with van der Waals surface area (Å²) in [7, 11) is 12.6. The molecule has 18 nitrogen and oxygen atoms in total. The number of benzene rings is 9. The van der Waals surface area contributed by atoms with E-state index in [9.17, 15) is 0 Å².